The van der Waals surface area contributed by atoms with Gasteiger partial charge in [0.25, 0.3) is 0 Å². The van der Waals surface area contributed by atoms with E-state index >= 15 is 0 Å². The van der Waals surface area contributed by atoms with Crippen molar-refractivity contribution < 1.29 is 160 Å². The van der Waals surface area contributed by atoms with Crippen LogP contribution in [-0.4, -0.2) is 215 Å². The van der Waals surface area contributed by atoms with Gasteiger partial charge in [-0.3, -0.25) is 101 Å². The Labute approximate surface area is 686 Å². The Morgan fingerprint density at radius 3 is 0.605 bits per heavy atom. The minimum absolute atomic E-state index is 0.101. The molecule has 35 nitrogen and oxygen atoms in total. The molecule has 0 aliphatic carbocycles. The quantitative estimate of drug-likeness (QED) is 0.0399. The second-order valence-corrected chi connectivity index (χ2v) is 31.2. The summed E-state index contributed by atoms with van der Waals surface area (Å²) in [4.78, 5) is 245. The van der Waals surface area contributed by atoms with E-state index in [0.717, 1.165) is 52.2 Å². The number of amides is 14. The Morgan fingerprint density at radius 2 is 0.462 bits per heavy atom. The highest BCUT2D eigenvalue weighted by Crippen LogP contribution is 2.46. The van der Waals surface area contributed by atoms with E-state index in [1.807, 2.05) is 34.6 Å². The molecule has 7 heterocycles. The summed E-state index contributed by atoms with van der Waals surface area (Å²) in [6.07, 6.45) is -13.3. The maximum absolute atomic E-state index is 12.9. The molecule has 12 atom stereocenters. The summed E-state index contributed by atoms with van der Waals surface area (Å²) in [6, 6.07) is 0. The third-order valence-corrected chi connectivity index (χ3v) is 20.5. The van der Waals surface area contributed by atoms with Crippen LogP contribution in [-0.2, 0) is 134 Å². The Bertz CT molecular complexity index is 3700. The molecule has 672 valence electrons. The van der Waals surface area contributed by atoms with Gasteiger partial charge < -0.3 is 33.2 Å². The molecule has 0 radical (unpaired) electrons. The zero-order valence-corrected chi connectivity index (χ0v) is 72.2. The molecule has 7 rings (SSSR count). The smallest absolute Gasteiger partial charge is 0.402 e. The van der Waals surface area contributed by atoms with Crippen LogP contribution in [0.1, 0.15) is 263 Å². The number of hydrogen-bond donors (Lipinski definition) is 0. The van der Waals surface area contributed by atoms with E-state index in [4.69, 9.17) is 23.7 Å². The summed E-state index contributed by atoms with van der Waals surface area (Å²) in [5, 5.41) is 0. The van der Waals surface area contributed by atoms with Crippen LogP contribution in [0.3, 0.4) is 0 Å². The van der Waals surface area contributed by atoms with Crippen molar-refractivity contribution in [3.8, 4) is 0 Å². The lowest BCUT2D eigenvalue weighted by atomic mass is 9.83. The maximum Gasteiger partial charge on any atom is 0.402 e. The van der Waals surface area contributed by atoms with E-state index in [0.29, 0.717) is 41.9 Å². The summed E-state index contributed by atoms with van der Waals surface area (Å²) >= 11 is 0. The Morgan fingerprint density at radius 1 is 0.294 bits per heavy atom. The number of β-lactam (4-membered cyclic amide) rings is 7. The second kappa shape index (κ2) is 44.2. The molecule has 7 saturated heterocycles. The minimum atomic E-state index is -4.78. The third kappa shape index (κ3) is 27.4. The molecule has 0 spiro atoms. The highest BCUT2D eigenvalue weighted by Gasteiger charge is 2.63. The van der Waals surface area contributed by atoms with Crippen molar-refractivity contribution in [2.75, 3.05) is 0 Å². The number of imide groups is 7. The van der Waals surface area contributed by atoms with Gasteiger partial charge in [0.05, 0.1) is 56.8 Å². The summed E-state index contributed by atoms with van der Waals surface area (Å²) < 4.78 is 112. The summed E-state index contributed by atoms with van der Waals surface area (Å²) in [5.74, 6) is -11.9. The van der Waals surface area contributed by atoms with Crippen molar-refractivity contribution in [3.63, 3.8) is 0 Å². The number of alkyl halides is 6. The van der Waals surface area contributed by atoms with E-state index in [1.165, 1.54) is 34.6 Å². The van der Waals surface area contributed by atoms with Crippen LogP contribution in [0.5, 0.6) is 0 Å². The van der Waals surface area contributed by atoms with E-state index in [2.05, 4.69) is 9.47 Å². The number of hydrogen-bond acceptors (Lipinski definition) is 28. The fraction of sp³-hybridized carbons (Fsp3) is 0.731. The van der Waals surface area contributed by atoms with E-state index in [9.17, 15) is 127 Å². The van der Waals surface area contributed by atoms with Crippen LogP contribution in [0.4, 0.5) is 26.3 Å². The van der Waals surface area contributed by atoms with Gasteiger partial charge in [-0.15, -0.1) is 0 Å². The van der Waals surface area contributed by atoms with E-state index in [1.54, 1.807) is 76.2 Å². The monoisotopic (exact) mass is 1710 g/mol. The topological polar surface area (TPSA) is 446 Å². The predicted octanol–water partition coefficient (Wildman–Crippen LogP) is 8.68. The minimum Gasteiger partial charge on any atom is -0.441 e. The number of ether oxygens (including phenoxy) is 7. The predicted molar refractivity (Wildman–Crippen MR) is 398 cm³/mol. The average Bonchev–Trinajstić information content (AvgIpc) is 0.753. The van der Waals surface area contributed by atoms with Crippen LogP contribution in [0, 0.1) is 51.2 Å². The van der Waals surface area contributed by atoms with Crippen LogP contribution >= 0.6 is 0 Å². The number of nitrogens with zero attached hydrogens (tertiary/aromatic N) is 7. The van der Waals surface area contributed by atoms with Crippen molar-refractivity contribution in [2.24, 2.45) is 51.2 Å². The molecular weight excluding hydrogens is 1600 g/mol. The lowest BCUT2D eigenvalue weighted by molar-refractivity contribution is -0.234. The lowest BCUT2D eigenvalue weighted by Gasteiger charge is -2.42. The van der Waals surface area contributed by atoms with Gasteiger partial charge >= 0.3 is 54.1 Å². The average molecular weight is 1710 g/mol. The molecule has 7 aliphatic heterocycles. The highest BCUT2D eigenvalue weighted by atomic mass is 19.4. The molecule has 0 saturated carbocycles. The zero-order chi connectivity index (χ0) is 92.9. The first-order valence-electron chi connectivity index (χ1n) is 38.8. The molecule has 14 amide bonds. The van der Waals surface area contributed by atoms with E-state index in [-0.39, 0.29) is 146 Å². The van der Waals surface area contributed by atoms with Crippen molar-refractivity contribution >= 4 is 124 Å². The number of esters is 7. The van der Waals surface area contributed by atoms with Gasteiger partial charge in [-0.25, -0.2) is 34.3 Å². The SMILES string of the molecule is CCC(C)(C(=O)N1C(=O)CC1OC(C)=O)C(F)(F)F.CCC(C)(C(=O)N1C(=O)CC1OC(C)=O)C(F)(F)F.CCC(C)(C)C(=O)N1C(=O)CC1OC(=O)C(C)C.CCC(C)(C)C(=O)N1C(=O)CC1OC(C)=O.CCC(C)C(=O)N1C(=O)CC1OC(=O)C(C)C.CCC(C)C(=O)N1C(=O)CC1OC(C)=O.CCC(C)C(=O)N1C(=O)CC1OC(C)=O. The third-order valence-electron chi connectivity index (χ3n) is 20.5. The van der Waals surface area contributed by atoms with Crippen LogP contribution < -0.4 is 0 Å². The molecule has 0 N–H and O–H groups in total. The Balaban J connectivity index is 0.000000695. The van der Waals surface area contributed by atoms with Gasteiger partial charge in [-0.05, 0) is 58.8 Å². The van der Waals surface area contributed by atoms with E-state index < -0.39 is 144 Å². The molecule has 7 aliphatic rings. The first-order chi connectivity index (χ1) is 54.4. The van der Waals surface area contributed by atoms with Gasteiger partial charge in [0.2, 0.25) is 82.7 Å². The fourth-order valence-electron chi connectivity index (χ4n) is 10.3. The molecule has 119 heavy (non-hydrogen) atoms. The first-order valence-corrected chi connectivity index (χ1v) is 38.8. The number of halogens is 6. The van der Waals surface area contributed by atoms with Gasteiger partial charge in [-0.2, -0.15) is 26.3 Å². The van der Waals surface area contributed by atoms with Crippen LogP contribution in [0.15, 0.2) is 0 Å². The van der Waals surface area contributed by atoms with Gasteiger partial charge in [0.15, 0.2) is 43.6 Å². The van der Waals surface area contributed by atoms with Gasteiger partial charge in [0.1, 0.15) is 10.8 Å². The summed E-state index contributed by atoms with van der Waals surface area (Å²) in [6.45, 7) is 38.3. The highest BCUT2D eigenvalue weighted by molar-refractivity contribution is 6.06. The summed E-state index contributed by atoms with van der Waals surface area (Å²) in [7, 11) is 0. The summed E-state index contributed by atoms with van der Waals surface area (Å²) in [5.41, 5.74) is -6.55. The van der Waals surface area contributed by atoms with Crippen molar-refractivity contribution in [2.45, 2.75) is 319 Å². The van der Waals surface area contributed by atoms with Gasteiger partial charge in [-0.1, -0.05) is 125 Å². The lowest BCUT2D eigenvalue weighted by Crippen LogP contribution is -2.63. The number of carbonyl (C=O) groups is 21. The molecule has 0 bridgehead atoms. The number of rotatable bonds is 23. The molecule has 0 aromatic carbocycles. The van der Waals surface area contributed by atoms with Crippen molar-refractivity contribution in [1.82, 2.24) is 34.3 Å². The first kappa shape index (κ1) is 107. The Kier molecular flexibility index (Phi) is 39.7. The van der Waals surface area contributed by atoms with Gasteiger partial charge in [0, 0.05) is 63.2 Å². The molecule has 0 aromatic rings. The molecule has 41 heteroatoms. The van der Waals surface area contributed by atoms with Crippen molar-refractivity contribution in [1.29, 1.82) is 0 Å². The zero-order valence-electron chi connectivity index (χ0n) is 72.2. The second-order valence-electron chi connectivity index (χ2n) is 31.2. The molecule has 0 aromatic heterocycles. The standard InChI is InChI=1S/C13H21NO4.C12H19NO4.2C11H14F3NO4.C11H17NO4.2C10H15NO4/c1-6-13(4,5)12(17)14-9(15)7-10(14)18-11(16)8(2)3;1-5-8(4)11(15)13-9(14)6-10(13)17-12(16)7(2)3;2*1-4-10(3,11(12,13)14)9(18)15-7(17)5-8(15)19-6(2)16;1-5-11(3,4)10(15)12-8(14)6-9(12)16-7(2)13;2*1-4-6(2)10(14)11-8(13)5-9(11)15-7(3)12/h8,10H,6-7H2,1-5H3;7-8,10H,5-6H2,1-4H3;2*8H,4-5H2,1-3H3;9H,5-6H2,1-4H3;2*6,9H,4-5H2,1-3H3. The normalized spacial score (nSPS) is 21.5. The maximum atomic E-state index is 12.9. The Hall–Kier alpha value is -10.1. The van der Waals surface area contributed by atoms with Crippen molar-refractivity contribution in [3.05, 3.63) is 0 Å². The van der Waals surface area contributed by atoms with Crippen LogP contribution in [0.25, 0.3) is 0 Å². The largest absolute Gasteiger partial charge is 0.441 e. The van der Waals surface area contributed by atoms with Crippen LogP contribution in [0.2, 0.25) is 0 Å². The molecule has 12 unspecified atom stereocenters. The number of carbonyl (C=O) groups excluding carboxylic acids is 21. The molecule has 7 fully saturated rings. The molecular formula is C78H115F6N7O28. The number of likely N-dealkylation sites (tertiary alicyclic amines) is 7. The fourth-order valence-corrected chi connectivity index (χ4v) is 10.3.